The van der Waals surface area contributed by atoms with E-state index in [0.29, 0.717) is 35.8 Å². The highest BCUT2D eigenvalue weighted by Crippen LogP contribution is 2.34. The van der Waals surface area contributed by atoms with E-state index in [1.165, 1.54) is 6.92 Å². The van der Waals surface area contributed by atoms with Crippen molar-refractivity contribution in [3.63, 3.8) is 0 Å². The van der Waals surface area contributed by atoms with E-state index in [0.717, 1.165) is 35.5 Å². The van der Waals surface area contributed by atoms with Gasteiger partial charge >= 0.3 is 6.03 Å². The fourth-order valence-corrected chi connectivity index (χ4v) is 4.29. The maximum atomic E-state index is 12.5. The molecular formula is C29H33N7O3. The summed E-state index contributed by atoms with van der Waals surface area (Å²) < 4.78 is 7.72. The van der Waals surface area contributed by atoms with Crippen LogP contribution in [0.1, 0.15) is 37.9 Å². The number of fused-ring (bicyclic) bond motifs is 1. The molecule has 0 fully saturated rings. The third-order valence-electron chi connectivity index (χ3n) is 6.26. The van der Waals surface area contributed by atoms with E-state index in [-0.39, 0.29) is 18.0 Å². The molecule has 1 aliphatic rings. The number of carbonyl (C=O) groups excluding carboxylic acids is 2. The van der Waals surface area contributed by atoms with E-state index in [9.17, 15) is 14.9 Å². The van der Waals surface area contributed by atoms with Crippen LogP contribution in [0.15, 0.2) is 66.4 Å². The Morgan fingerprint density at radius 1 is 1.03 bits per heavy atom. The molecule has 10 nitrogen and oxygen atoms in total. The van der Waals surface area contributed by atoms with Crippen molar-refractivity contribution in [3.8, 4) is 17.6 Å². The number of nitrogens with one attached hydrogen (secondary N) is 5. The van der Waals surface area contributed by atoms with Crippen LogP contribution < -0.4 is 31.4 Å². The molecule has 0 spiro atoms. The van der Waals surface area contributed by atoms with E-state index in [1.54, 1.807) is 0 Å². The van der Waals surface area contributed by atoms with Gasteiger partial charge in [-0.15, -0.1) is 0 Å². The van der Waals surface area contributed by atoms with Gasteiger partial charge < -0.3 is 31.4 Å². The highest BCUT2D eigenvalue weighted by Gasteiger charge is 2.28. The maximum Gasteiger partial charge on any atom is 0.319 e. The maximum absolute atomic E-state index is 12.5. The molecule has 0 saturated heterocycles. The second-order valence-electron chi connectivity index (χ2n) is 9.27. The number of ether oxygens (including phenoxy) is 1. The Hall–Kier alpha value is -4.91. The summed E-state index contributed by atoms with van der Waals surface area (Å²) in [5.74, 6) is 1.39. The normalized spacial score (nSPS) is 13.9. The number of rotatable bonds is 10. The van der Waals surface area contributed by atoms with Crippen LogP contribution in [0, 0.1) is 18.3 Å². The van der Waals surface area contributed by atoms with Crippen LogP contribution in [0.5, 0.6) is 11.5 Å². The minimum absolute atomic E-state index is 0.0617. The number of unbranched alkanes of at least 4 members (excludes halogenated alkanes) is 1. The molecular weight excluding hydrogens is 494 g/mol. The van der Waals surface area contributed by atoms with Gasteiger partial charge in [0.2, 0.25) is 5.91 Å². The van der Waals surface area contributed by atoms with Gasteiger partial charge in [0.05, 0.1) is 41.0 Å². The lowest BCUT2D eigenvalue weighted by atomic mass is 10.0. The Balaban J connectivity index is 1.45. The van der Waals surface area contributed by atoms with Gasteiger partial charge in [-0.2, -0.15) is 5.26 Å². The third-order valence-corrected chi connectivity index (χ3v) is 6.26. The minimum Gasteiger partial charge on any atom is -0.457 e. The SMILES string of the molecule is CC(=O)NCCCCNC(=O)Nc1cn2c(c1C)C(Nc1ccc(Oc3ccccc3)cc1)=C(C#N)C(C)N2. The van der Waals surface area contributed by atoms with Gasteiger partial charge in [-0.1, -0.05) is 18.2 Å². The molecule has 5 N–H and O–H groups in total. The monoisotopic (exact) mass is 527 g/mol. The molecule has 1 atom stereocenters. The van der Waals surface area contributed by atoms with Crippen LogP contribution in [-0.2, 0) is 4.79 Å². The fraction of sp³-hybridized carbons (Fsp3) is 0.276. The summed E-state index contributed by atoms with van der Waals surface area (Å²) in [7, 11) is 0. The van der Waals surface area contributed by atoms with Crippen LogP contribution in [0.25, 0.3) is 5.70 Å². The summed E-state index contributed by atoms with van der Waals surface area (Å²) in [6.45, 7) is 6.37. The molecule has 1 aliphatic heterocycles. The lowest BCUT2D eigenvalue weighted by Crippen LogP contribution is -2.34. The lowest BCUT2D eigenvalue weighted by molar-refractivity contribution is -0.118. The zero-order valence-electron chi connectivity index (χ0n) is 22.3. The second-order valence-corrected chi connectivity index (χ2v) is 9.27. The summed E-state index contributed by atoms with van der Waals surface area (Å²) in [5.41, 5.74) is 7.53. The molecule has 4 rings (SSSR count). The van der Waals surface area contributed by atoms with Crippen molar-refractivity contribution in [3.05, 3.63) is 77.6 Å². The van der Waals surface area contributed by atoms with Crippen LogP contribution in [0.3, 0.4) is 0 Å². The first-order valence-corrected chi connectivity index (χ1v) is 12.9. The Labute approximate surface area is 228 Å². The number of urea groups is 1. The number of carbonyl (C=O) groups is 2. The molecule has 10 heteroatoms. The predicted molar refractivity (Wildman–Crippen MR) is 152 cm³/mol. The number of benzene rings is 2. The summed E-state index contributed by atoms with van der Waals surface area (Å²) in [5, 5.41) is 21.9. The molecule has 1 aromatic heterocycles. The molecule has 39 heavy (non-hydrogen) atoms. The van der Waals surface area contributed by atoms with Gasteiger partial charge in [0, 0.05) is 31.3 Å². The van der Waals surface area contributed by atoms with Gasteiger partial charge in [-0.05, 0) is 63.1 Å². The van der Waals surface area contributed by atoms with Crippen LogP contribution in [-0.4, -0.2) is 35.7 Å². The molecule has 3 aromatic rings. The topological polar surface area (TPSA) is 132 Å². The first-order valence-electron chi connectivity index (χ1n) is 12.9. The summed E-state index contributed by atoms with van der Waals surface area (Å²) >= 11 is 0. The Bertz CT molecular complexity index is 1390. The first-order chi connectivity index (χ1) is 18.9. The van der Waals surface area contributed by atoms with E-state index in [4.69, 9.17) is 4.74 Å². The van der Waals surface area contributed by atoms with Gasteiger partial charge in [0.1, 0.15) is 11.5 Å². The number of amides is 3. The highest BCUT2D eigenvalue weighted by atomic mass is 16.5. The van der Waals surface area contributed by atoms with Gasteiger partial charge in [0.25, 0.3) is 0 Å². The van der Waals surface area contributed by atoms with Crippen molar-refractivity contribution in [2.24, 2.45) is 0 Å². The van der Waals surface area contributed by atoms with E-state index in [2.05, 4.69) is 32.8 Å². The highest BCUT2D eigenvalue weighted by molar-refractivity contribution is 5.93. The predicted octanol–water partition coefficient (Wildman–Crippen LogP) is 4.92. The lowest BCUT2D eigenvalue weighted by Gasteiger charge is -2.28. The number of hydrogen-bond acceptors (Lipinski definition) is 6. The molecule has 2 aromatic carbocycles. The molecule has 1 unspecified atom stereocenters. The van der Waals surface area contributed by atoms with Crippen molar-refractivity contribution in [2.75, 3.05) is 29.1 Å². The fourth-order valence-electron chi connectivity index (χ4n) is 4.29. The molecule has 2 heterocycles. The van der Waals surface area contributed by atoms with Gasteiger partial charge in [0.15, 0.2) is 0 Å². The number of nitrogens with zero attached hydrogens (tertiary/aromatic N) is 2. The Kier molecular flexibility index (Phi) is 8.74. The molecule has 0 radical (unpaired) electrons. The van der Waals surface area contributed by atoms with Crippen molar-refractivity contribution >= 4 is 29.0 Å². The zero-order chi connectivity index (χ0) is 27.8. The number of anilines is 2. The summed E-state index contributed by atoms with van der Waals surface area (Å²) in [4.78, 5) is 23.5. The van der Waals surface area contributed by atoms with E-state index < -0.39 is 0 Å². The number of hydrogen-bond donors (Lipinski definition) is 5. The summed E-state index contributed by atoms with van der Waals surface area (Å²) in [6, 6.07) is 18.8. The number of para-hydroxylation sites is 1. The Morgan fingerprint density at radius 2 is 1.69 bits per heavy atom. The third kappa shape index (κ3) is 6.90. The van der Waals surface area contributed by atoms with Crippen molar-refractivity contribution in [1.29, 1.82) is 5.26 Å². The van der Waals surface area contributed by atoms with E-state index in [1.807, 2.05) is 79.3 Å². The first kappa shape index (κ1) is 27.1. The standard InChI is InChI=1S/C29H33N7O3/c1-19-26(34-29(38)32-16-8-7-15-31-21(3)37)18-36-28(19)27(25(17-30)20(2)35-36)33-22-11-13-24(14-12-22)39-23-9-5-4-6-10-23/h4-6,9-14,18,20,33,35H,7-8,15-16H2,1-3H3,(H,31,37)(H2,32,34,38). The molecule has 0 bridgehead atoms. The number of nitriles is 1. The average molecular weight is 528 g/mol. The van der Waals surface area contributed by atoms with Gasteiger partial charge in [-0.25, -0.2) is 4.79 Å². The summed E-state index contributed by atoms with van der Waals surface area (Å²) in [6.07, 6.45) is 3.33. The molecule has 3 amide bonds. The van der Waals surface area contributed by atoms with Crippen LogP contribution in [0.2, 0.25) is 0 Å². The van der Waals surface area contributed by atoms with Crippen molar-refractivity contribution in [2.45, 2.75) is 39.7 Å². The zero-order valence-corrected chi connectivity index (χ0v) is 22.3. The van der Waals surface area contributed by atoms with Gasteiger partial charge in [-0.3, -0.25) is 9.47 Å². The van der Waals surface area contributed by atoms with Crippen molar-refractivity contribution < 1.29 is 14.3 Å². The molecule has 0 saturated carbocycles. The second kappa shape index (κ2) is 12.6. The largest absolute Gasteiger partial charge is 0.457 e. The molecule has 0 aliphatic carbocycles. The average Bonchev–Trinajstić information content (AvgIpc) is 3.21. The molecule has 202 valence electrons. The van der Waals surface area contributed by atoms with Crippen molar-refractivity contribution in [1.82, 2.24) is 15.3 Å². The van der Waals surface area contributed by atoms with Crippen LogP contribution in [0.4, 0.5) is 16.2 Å². The quantitative estimate of drug-likeness (QED) is 0.238. The van der Waals surface area contributed by atoms with Crippen LogP contribution >= 0.6 is 0 Å². The van der Waals surface area contributed by atoms with E-state index >= 15 is 0 Å². The minimum atomic E-state index is -0.318. The Morgan fingerprint density at radius 3 is 2.36 bits per heavy atom. The number of aromatic nitrogens is 1. The smallest absolute Gasteiger partial charge is 0.319 e.